The maximum Gasteiger partial charge on any atom is 0.282 e. The zero-order chi connectivity index (χ0) is 13.8. The van der Waals surface area contributed by atoms with Crippen LogP contribution in [-0.2, 0) is 0 Å². The molecule has 0 heterocycles. The number of hydrogen-bond donors (Lipinski definition) is 3. The molecule has 1 rings (SSSR count). The molecule has 0 saturated heterocycles. The predicted molar refractivity (Wildman–Crippen MR) is 56.2 cm³/mol. The first-order chi connectivity index (χ1) is 8.35. The molecular formula is C11H13F4NO2. The molecule has 1 aromatic carbocycles. The van der Waals surface area contributed by atoms with Gasteiger partial charge in [-0.1, -0.05) is 6.07 Å². The number of hydrogen-bond acceptors (Lipinski definition) is 3. The minimum Gasteiger partial charge on any atom is -0.390 e. The zero-order valence-electron chi connectivity index (χ0n) is 9.34. The molecule has 0 aromatic heterocycles. The molecule has 0 aliphatic heterocycles. The summed E-state index contributed by atoms with van der Waals surface area (Å²) in [6.07, 6.45) is -1.24. The third-order valence-electron chi connectivity index (χ3n) is 2.28. The van der Waals surface area contributed by atoms with E-state index in [2.05, 4.69) is 5.32 Å². The summed E-state index contributed by atoms with van der Waals surface area (Å²) in [5.74, 6) is -5.45. The minimum absolute atomic E-state index is 0.0775. The molecule has 18 heavy (non-hydrogen) atoms. The number of aliphatic hydroxyl groups is 2. The van der Waals surface area contributed by atoms with Crippen LogP contribution in [0, 0.1) is 11.6 Å². The van der Waals surface area contributed by atoms with Crippen molar-refractivity contribution in [2.75, 3.05) is 19.7 Å². The third kappa shape index (κ3) is 4.25. The van der Waals surface area contributed by atoms with E-state index in [1.54, 1.807) is 0 Å². The third-order valence-corrected chi connectivity index (χ3v) is 2.28. The highest BCUT2D eigenvalue weighted by molar-refractivity contribution is 5.20. The number of nitrogens with one attached hydrogen (secondary N) is 1. The van der Waals surface area contributed by atoms with Crippen LogP contribution in [0.1, 0.15) is 11.7 Å². The van der Waals surface area contributed by atoms with Gasteiger partial charge in [-0.15, -0.1) is 0 Å². The van der Waals surface area contributed by atoms with Gasteiger partial charge in [0.05, 0.1) is 12.6 Å². The number of halogens is 4. The Bertz CT molecular complexity index is 401. The molecule has 102 valence electrons. The molecule has 7 heteroatoms. The normalized spacial score (nSPS) is 13.7. The Hall–Kier alpha value is -1.18. The first-order valence-corrected chi connectivity index (χ1v) is 5.18. The zero-order valence-corrected chi connectivity index (χ0v) is 9.34. The summed E-state index contributed by atoms with van der Waals surface area (Å²) in [6, 6.07) is 2.80. The van der Waals surface area contributed by atoms with Crippen LogP contribution in [0.15, 0.2) is 18.2 Å². The second kappa shape index (κ2) is 6.12. The average Bonchev–Trinajstić information content (AvgIpc) is 2.32. The van der Waals surface area contributed by atoms with Gasteiger partial charge in [-0.2, -0.15) is 0 Å². The van der Waals surface area contributed by atoms with E-state index in [1.807, 2.05) is 0 Å². The molecule has 0 spiro atoms. The van der Waals surface area contributed by atoms with Crippen molar-refractivity contribution in [3.63, 3.8) is 0 Å². The summed E-state index contributed by atoms with van der Waals surface area (Å²) in [5, 5.41) is 20.1. The van der Waals surface area contributed by atoms with Crippen LogP contribution in [0.3, 0.4) is 0 Å². The summed E-state index contributed by atoms with van der Waals surface area (Å²) in [4.78, 5) is 0. The Balaban J connectivity index is 2.50. The van der Waals surface area contributed by atoms with Gasteiger partial charge in [-0.05, 0) is 17.7 Å². The fourth-order valence-corrected chi connectivity index (χ4v) is 1.29. The highest BCUT2D eigenvalue weighted by atomic mass is 19.3. The number of alkyl halides is 2. The van der Waals surface area contributed by atoms with Crippen LogP contribution in [0.4, 0.5) is 17.6 Å². The molecular weight excluding hydrogens is 254 g/mol. The Morgan fingerprint density at radius 2 is 1.89 bits per heavy atom. The van der Waals surface area contributed by atoms with Gasteiger partial charge in [-0.3, -0.25) is 0 Å². The van der Waals surface area contributed by atoms with Crippen molar-refractivity contribution in [3.8, 4) is 0 Å². The van der Waals surface area contributed by atoms with Gasteiger partial charge in [0.25, 0.3) is 5.92 Å². The average molecular weight is 267 g/mol. The molecule has 1 atom stereocenters. The molecule has 1 aromatic rings. The lowest BCUT2D eigenvalue weighted by Gasteiger charge is -2.16. The van der Waals surface area contributed by atoms with Crippen molar-refractivity contribution < 1.29 is 27.8 Å². The van der Waals surface area contributed by atoms with Crippen molar-refractivity contribution in [2.45, 2.75) is 12.0 Å². The smallest absolute Gasteiger partial charge is 0.282 e. The summed E-state index contributed by atoms with van der Waals surface area (Å²) in [5.41, 5.74) is 0.0775. The van der Waals surface area contributed by atoms with Crippen LogP contribution in [0.2, 0.25) is 0 Å². The van der Waals surface area contributed by atoms with E-state index in [-0.39, 0.29) is 12.1 Å². The molecule has 0 amide bonds. The number of rotatable bonds is 6. The molecule has 3 N–H and O–H groups in total. The molecule has 0 bridgehead atoms. The Kier molecular flexibility index (Phi) is 5.06. The highest BCUT2D eigenvalue weighted by Crippen LogP contribution is 2.16. The van der Waals surface area contributed by atoms with Crippen LogP contribution in [0.25, 0.3) is 0 Å². The lowest BCUT2D eigenvalue weighted by Crippen LogP contribution is -2.37. The monoisotopic (exact) mass is 267 g/mol. The van der Waals surface area contributed by atoms with E-state index >= 15 is 0 Å². The van der Waals surface area contributed by atoms with Gasteiger partial charge in [-0.25, -0.2) is 17.6 Å². The molecule has 0 aliphatic carbocycles. The van der Waals surface area contributed by atoms with E-state index in [0.29, 0.717) is 0 Å². The predicted octanol–water partition coefficient (Wildman–Crippen LogP) is 1.22. The van der Waals surface area contributed by atoms with Gasteiger partial charge in [0.2, 0.25) is 0 Å². The summed E-state index contributed by atoms with van der Waals surface area (Å²) < 4.78 is 50.7. The lowest BCUT2D eigenvalue weighted by atomic mass is 10.1. The van der Waals surface area contributed by atoms with E-state index in [9.17, 15) is 22.7 Å². The number of benzene rings is 1. The van der Waals surface area contributed by atoms with E-state index in [4.69, 9.17) is 5.11 Å². The van der Waals surface area contributed by atoms with Crippen molar-refractivity contribution in [3.05, 3.63) is 35.4 Å². The first kappa shape index (κ1) is 14.9. The van der Waals surface area contributed by atoms with Crippen molar-refractivity contribution in [1.29, 1.82) is 0 Å². The molecule has 0 fully saturated rings. The van der Waals surface area contributed by atoms with Gasteiger partial charge in [0.1, 0.15) is 6.61 Å². The molecule has 0 aliphatic rings. The van der Waals surface area contributed by atoms with Crippen molar-refractivity contribution in [1.82, 2.24) is 5.32 Å². The highest BCUT2D eigenvalue weighted by Gasteiger charge is 2.27. The Morgan fingerprint density at radius 3 is 2.44 bits per heavy atom. The molecule has 0 saturated carbocycles. The standard InChI is InChI=1S/C11H13F4NO2/c12-8-2-1-7(3-9(8)13)10(18)4-16-5-11(14,15)6-17/h1-3,10,16-18H,4-6H2. The van der Waals surface area contributed by atoms with Gasteiger partial charge in [0.15, 0.2) is 11.6 Å². The Morgan fingerprint density at radius 1 is 1.22 bits per heavy atom. The summed E-state index contributed by atoms with van der Waals surface area (Å²) >= 11 is 0. The SMILES string of the molecule is OCC(F)(F)CNCC(O)c1ccc(F)c(F)c1. The topological polar surface area (TPSA) is 52.5 Å². The van der Waals surface area contributed by atoms with Crippen molar-refractivity contribution in [2.24, 2.45) is 0 Å². The van der Waals surface area contributed by atoms with Gasteiger partial charge >= 0.3 is 0 Å². The fraction of sp³-hybridized carbons (Fsp3) is 0.455. The maximum absolute atomic E-state index is 12.8. The van der Waals surface area contributed by atoms with Gasteiger partial charge in [0, 0.05) is 6.54 Å². The maximum atomic E-state index is 12.8. The van der Waals surface area contributed by atoms with Crippen LogP contribution in [0.5, 0.6) is 0 Å². The minimum atomic E-state index is -3.28. The van der Waals surface area contributed by atoms with Gasteiger partial charge < -0.3 is 15.5 Å². The van der Waals surface area contributed by atoms with Crippen LogP contribution in [-0.4, -0.2) is 35.8 Å². The quantitative estimate of drug-likeness (QED) is 0.679. The van der Waals surface area contributed by atoms with E-state index in [1.165, 1.54) is 0 Å². The molecule has 0 radical (unpaired) electrons. The molecule has 3 nitrogen and oxygen atoms in total. The van der Waals surface area contributed by atoms with E-state index < -0.39 is 36.8 Å². The molecule has 1 unspecified atom stereocenters. The Labute approximate surface area is 101 Å². The van der Waals surface area contributed by atoms with Crippen LogP contribution >= 0.6 is 0 Å². The lowest BCUT2D eigenvalue weighted by molar-refractivity contribution is -0.0488. The second-order valence-electron chi connectivity index (χ2n) is 3.83. The summed E-state index contributed by atoms with van der Waals surface area (Å²) in [6.45, 7) is -2.38. The fourth-order valence-electron chi connectivity index (χ4n) is 1.29. The first-order valence-electron chi connectivity index (χ1n) is 5.18. The number of aliphatic hydroxyl groups excluding tert-OH is 2. The van der Waals surface area contributed by atoms with Crippen molar-refractivity contribution >= 4 is 0 Å². The van der Waals surface area contributed by atoms with Crippen LogP contribution < -0.4 is 5.32 Å². The largest absolute Gasteiger partial charge is 0.390 e. The summed E-state index contributed by atoms with van der Waals surface area (Å²) in [7, 11) is 0. The van der Waals surface area contributed by atoms with E-state index in [0.717, 1.165) is 18.2 Å². The second-order valence-corrected chi connectivity index (χ2v) is 3.83.